The first-order valence-electron chi connectivity index (χ1n) is 9.62. The van der Waals surface area contributed by atoms with Crippen molar-refractivity contribution in [2.24, 2.45) is 0 Å². The van der Waals surface area contributed by atoms with E-state index in [1.807, 2.05) is 24.3 Å². The maximum atomic E-state index is 13.1. The van der Waals surface area contributed by atoms with E-state index in [1.165, 1.54) is 11.1 Å². The summed E-state index contributed by atoms with van der Waals surface area (Å²) in [5.41, 5.74) is 5.26. The Morgan fingerprint density at radius 3 is 2.69 bits per heavy atom. The van der Waals surface area contributed by atoms with Gasteiger partial charge in [0.05, 0.1) is 37.7 Å². The van der Waals surface area contributed by atoms with Gasteiger partial charge in [-0.15, -0.1) is 0 Å². The predicted octanol–water partition coefficient (Wildman–Crippen LogP) is 4.54. The molecule has 1 aromatic heterocycles. The molecule has 0 spiro atoms. The fourth-order valence-electron chi connectivity index (χ4n) is 3.61. The smallest absolute Gasteiger partial charge is 0.151 e. The van der Waals surface area contributed by atoms with Gasteiger partial charge in [-0.05, 0) is 56.1 Å². The highest BCUT2D eigenvalue weighted by Gasteiger charge is 2.29. The fraction of sp³-hybridized carbons (Fsp3) is 0.273. The first-order chi connectivity index (χ1) is 14.1. The maximum Gasteiger partial charge on any atom is 0.151 e. The van der Waals surface area contributed by atoms with Crippen molar-refractivity contribution in [3.05, 3.63) is 70.8 Å². The standard InChI is InChI=1S/C22H23ClN4OS/c1-15-8-9-20-21(16(15)2)27(18-6-3-4-7-19(18)29(20)28)13-5-10-24-14-17-22(23)26-12-11-25-17/h3-4,6-9,11-12,24H,5,10,13-14H2,1-2H3. The summed E-state index contributed by atoms with van der Waals surface area (Å²) in [6.07, 6.45) is 4.16. The van der Waals surface area contributed by atoms with Crippen molar-refractivity contribution in [3.8, 4) is 0 Å². The second-order valence-corrected chi connectivity index (χ2v) is 8.84. The van der Waals surface area contributed by atoms with Crippen LogP contribution in [-0.2, 0) is 17.3 Å². The molecule has 1 unspecified atom stereocenters. The zero-order valence-electron chi connectivity index (χ0n) is 16.5. The monoisotopic (exact) mass is 426 g/mol. The van der Waals surface area contributed by atoms with Crippen LogP contribution >= 0.6 is 11.6 Å². The van der Waals surface area contributed by atoms with Crippen LogP contribution in [-0.4, -0.2) is 27.3 Å². The van der Waals surface area contributed by atoms with Crippen molar-refractivity contribution in [1.82, 2.24) is 15.3 Å². The first-order valence-corrected chi connectivity index (χ1v) is 11.2. The van der Waals surface area contributed by atoms with Crippen LogP contribution in [0.1, 0.15) is 23.2 Å². The van der Waals surface area contributed by atoms with E-state index in [-0.39, 0.29) is 0 Å². The van der Waals surface area contributed by atoms with Gasteiger partial charge in [0.15, 0.2) is 5.15 Å². The van der Waals surface area contributed by atoms with Crippen molar-refractivity contribution in [1.29, 1.82) is 0 Å². The number of aromatic nitrogens is 2. The van der Waals surface area contributed by atoms with Gasteiger partial charge in [0.2, 0.25) is 0 Å². The third kappa shape index (κ3) is 3.92. The summed E-state index contributed by atoms with van der Waals surface area (Å²) in [5.74, 6) is 0. The molecule has 0 saturated heterocycles. The number of benzene rings is 2. The molecule has 2 aromatic carbocycles. The number of aryl methyl sites for hydroxylation is 1. The number of nitrogens with zero attached hydrogens (tertiary/aromatic N) is 3. The molecule has 0 saturated carbocycles. The summed E-state index contributed by atoms with van der Waals surface area (Å²) >= 11 is 6.07. The number of para-hydroxylation sites is 1. The van der Waals surface area contributed by atoms with E-state index in [1.54, 1.807) is 12.4 Å². The Labute approximate surface area is 178 Å². The van der Waals surface area contributed by atoms with Gasteiger partial charge in [0.25, 0.3) is 0 Å². The zero-order valence-corrected chi connectivity index (χ0v) is 18.1. The zero-order chi connectivity index (χ0) is 20.4. The number of hydrogen-bond acceptors (Lipinski definition) is 5. The molecule has 3 aromatic rings. The lowest BCUT2D eigenvalue weighted by Gasteiger charge is -2.34. The normalized spacial score (nSPS) is 15.1. The molecule has 4 rings (SSSR count). The number of nitrogens with one attached hydrogen (secondary N) is 1. The van der Waals surface area contributed by atoms with Gasteiger partial charge in [-0.3, -0.25) is 4.98 Å². The van der Waals surface area contributed by atoms with Crippen molar-refractivity contribution in [2.75, 3.05) is 18.0 Å². The Morgan fingerprint density at radius 2 is 1.86 bits per heavy atom. The molecule has 5 nitrogen and oxygen atoms in total. The van der Waals surface area contributed by atoms with Crippen LogP contribution in [0.5, 0.6) is 0 Å². The number of anilines is 2. The van der Waals surface area contributed by atoms with E-state index in [4.69, 9.17) is 11.6 Å². The number of hydrogen-bond donors (Lipinski definition) is 1. The fourth-order valence-corrected chi connectivity index (χ4v) is 5.22. The molecule has 1 aliphatic rings. The van der Waals surface area contributed by atoms with Crippen LogP contribution in [0.15, 0.2) is 58.6 Å². The first kappa shape index (κ1) is 20.0. The molecule has 1 atom stereocenters. The second kappa shape index (κ2) is 8.61. The number of halogens is 1. The molecule has 0 aliphatic carbocycles. The molecule has 1 N–H and O–H groups in total. The van der Waals surface area contributed by atoms with Crippen LogP contribution in [0.25, 0.3) is 0 Å². The lowest BCUT2D eigenvalue weighted by Crippen LogP contribution is -2.28. The van der Waals surface area contributed by atoms with E-state index >= 15 is 0 Å². The van der Waals surface area contributed by atoms with E-state index in [0.717, 1.165) is 46.4 Å². The van der Waals surface area contributed by atoms with Crippen LogP contribution < -0.4 is 10.2 Å². The highest BCUT2D eigenvalue weighted by atomic mass is 35.5. The Bertz CT molecular complexity index is 1070. The summed E-state index contributed by atoms with van der Waals surface area (Å²) in [6, 6.07) is 12.0. The minimum Gasteiger partial charge on any atom is -0.339 e. The second-order valence-electron chi connectivity index (χ2n) is 7.07. The minimum absolute atomic E-state index is 0.437. The summed E-state index contributed by atoms with van der Waals surface area (Å²) in [4.78, 5) is 12.4. The topological polar surface area (TPSA) is 58.1 Å². The SMILES string of the molecule is Cc1ccc2c(c1C)N(CCCNCc1nccnc1Cl)c1ccccc1S2=O. The van der Waals surface area contributed by atoms with E-state index < -0.39 is 10.8 Å². The third-order valence-corrected chi connectivity index (χ3v) is 7.03. The predicted molar refractivity (Wildman–Crippen MR) is 117 cm³/mol. The molecular formula is C22H23ClN4OS. The molecule has 1 aliphatic heterocycles. The van der Waals surface area contributed by atoms with Crippen LogP contribution in [0.2, 0.25) is 5.15 Å². The Balaban J connectivity index is 1.51. The maximum absolute atomic E-state index is 13.1. The Hall–Kier alpha value is -2.28. The quantitative estimate of drug-likeness (QED) is 0.586. The average Bonchev–Trinajstić information content (AvgIpc) is 2.73. The van der Waals surface area contributed by atoms with Crippen LogP contribution in [0.3, 0.4) is 0 Å². The Morgan fingerprint density at radius 1 is 1.07 bits per heavy atom. The Kier molecular flexibility index (Phi) is 5.94. The van der Waals surface area contributed by atoms with Crippen molar-refractivity contribution >= 4 is 33.8 Å². The average molecular weight is 427 g/mol. The highest BCUT2D eigenvalue weighted by molar-refractivity contribution is 7.85. The molecule has 0 bridgehead atoms. The van der Waals surface area contributed by atoms with Gasteiger partial charge in [0.1, 0.15) is 0 Å². The van der Waals surface area contributed by atoms with Crippen molar-refractivity contribution in [2.45, 2.75) is 36.6 Å². The van der Waals surface area contributed by atoms with E-state index in [9.17, 15) is 4.21 Å². The van der Waals surface area contributed by atoms with Gasteiger partial charge in [-0.1, -0.05) is 29.8 Å². The van der Waals surface area contributed by atoms with Gasteiger partial charge in [-0.25, -0.2) is 9.19 Å². The number of fused-ring (bicyclic) bond motifs is 2. The largest absolute Gasteiger partial charge is 0.339 e. The molecular weight excluding hydrogens is 404 g/mol. The molecule has 29 heavy (non-hydrogen) atoms. The van der Waals surface area contributed by atoms with E-state index in [0.29, 0.717) is 11.7 Å². The van der Waals surface area contributed by atoms with Gasteiger partial charge in [0, 0.05) is 25.5 Å². The van der Waals surface area contributed by atoms with Gasteiger partial charge in [-0.2, -0.15) is 0 Å². The summed E-state index contributed by atoms with van der Waals surface area (Å²) in [7, 11) is -1.15. The molecule has 150 valence electrons. The summed E-state index contributed by atoms with van der Waals surface area (Å²) < 4.78 is 13.1. The van der Waals surface area contributed by atoms with Gasteiger partial charge >= 0.3 is 0 Å². The van der Waals surface area contributed by atoms with Crippen molar-refractivity contribution < 1.29 is 4.21 Å². The summed E-state index contributed by atoms with van der Waals surface area (Å²) in [5, 5.41) is 3.83. The lowest BCUT2D eigenvalue weighted by atomic mass is 10.1. The molecule has 0 amide bonds. The van der Waals surface area contributed by atoms with Crippen molar-refractivity contribution in [3.63, 3.8) is 0 Å². The molecule has 7 heteroatoms. The number of rotatable bonds is 6. The molecule has 2 heterocycles. The van der Waals surface area contributed by atoms with E-state index in [2.05, 4.69) is 46.2 Å². The van der Waals surface area contributed by atoms with Crippen LogP contribution in [0.4, 0.5) is 11.4 Å². The third-order valence-electron chi connectivity index (χ3n) is 5.24. The minimum atomic E-state index is -1.15. The highest BCUT2D eigenvalue weighted by Crippen LogP contribution is 2.44. The van der Waals surface area contributed by atoms with Crippen LogP contribution in [0, 0.1) is 13.8 Å². The molecule has 0 radical (unpaired) electrons. The molecule has 0 fully saturated rings. The lowest BCUT2D eigenvalue weighted by molar-refractivity contribution is 0.637. The summed E-state index contributed by atoms with van der Waals surface area (Å²) in [6.45, 7) is 6.44. The van der Waals surface area contributed by atoms with Gasteiger partial charge < -0.3 is 10.2 Å².